The van der Waals surface area contributed by atoms with E-state index < -0.39 is 6.04 Å². The second kappa shape index (κ2) is 11.0. The number of hydrogen-bond donors (Lipinski definition) is 2. The predicted octanol–water partition coefficient (Wildman–Crippen LogP) is 5.00. The summed E-state index contributed by atoms with van der Waals surface area (Å²) < 4.78 is 27.3. The number of likely N-dealkylation sites (tertiary alicyclic amines) is 1. The summed E-state index contributed by atoms with van der Waals surface area (Å²) in [7, 11) is 4.92. The van der Waals surface area contributed by atoms with Crippen molar-refractivity contribution in [3.63, 3.8) is 0 Å². The number of ether oxygens (including phenoxy) is 2. The molecule has 1 fully saturated rings. The van der Waals surface area contributed by atoms with Crippen molar-refractivity contribution in [2.45, 2.75) is 32.4 Å². The molecule has 2 heterocycles. The fourth-order valence-electron chi connectivity index (χ4n) is 5.66. The van der Waals surface area contributed by atoms with E-state index in [4.69, 9.17) is 9.47 Å². The molecule has 204 valence electrons. The average molecular weight is 532 g/mol. The Morgan fingerprint density at radius 2 is 1.79 bits per heavy atom. The van der Waals surface area contributed by atoms with Crippen LogP contribution in [0.1, 0.15) is 42.1 Å². The standard InChI is InChI=1S/C31H34FN3O4/c1-19-24(14-20-15-26(38-3)30(36)27(16-20)39-4)23-10-9-21(32)17-25(23)28(19)29(35-12-5-6-13-35)31(37)33-18-22-8-7-11-34(22)2/h7-11,14-17,29,36H,5-6,12-13,18H2,1-4H3,(H,33,37). The number of nitrogens with one attached hydrogen (secondary N) is 1. The molecule has 3 aromatic rings. The van der Waals surface area contributed by atoms with Gasteiger partial charge in [0.2, 0.25) is 11.7 Å². The number of nitrogens with zero attached hydrogens (tertiary/aromatic N) is 2. The molecule has 0 saturated carbocycles. The second-order valence-corrected chi connectivity index (χ2v) is 10.0. The Morgan fingerprint density at radius 1 is 1.10 bits per heavy atom. The van der Waals surface area contributed by atoms with Gasteiger partial charge in [-0.3, -0.25) is 9.69 Å². The summed E-state index contributed by atoms with van der Waals surface area (Å²) >= 11 is 0. The topological polar surface area (TPSA) is 76.0 Å². The number of aromatic hydroxyl groups is 1. The van der Waals surface area contributed by atoms with Crippen LogP contribution in [0.4, 0.5) is 4.39 Å². The number of aromatic nitrogens is 1. The van der Waals surface area contributed by atoms with Gasteiger partial charge in [-0.15, -0.1) is 0 Å². The van der Waals surface area contributed by atoms with Crippen LogP contribution in [0.3, 0.4) is 0 Å². The largest absolute Gasteiger partial charge is 0.502 e. The van der Waals surface area contributed by atoms with Crippen LogP contribution in [0.15, 0.2) is 54.2 Å². The summed E-state index contributed by atoms with van der Waals surface area (Å²) in [5, 5.41) is 13.5. The van der Waals surface area contributed by atoms with Crippen molar-refractivity contribution in [1.82, 2.24) is 14.8 Å². The van der Waals surface area contributed by atoms with Crippen LogP contribution in [0.5, 0.6) is 17.2 Å². The van der Waals surface area contributed by atoms with Gasteiger partial charge in [-0.2, -0.15) is 0 Å². The lowest BCUT2D eigenvalue weighted by Crippen LogP contribution is -2.46. The van der Waals surface area contributed by atoms with E-state index in [1.165, 1.54) is 26.4 Å². The van der Waals surface area contributed by atoms with Crippen molar-refractivity contribution in [2.24, 2.45) is 7.05 Å². The maximum absolute atomic E-state index is 14.7. The Bertz CT molecular complexity index is 1440. The molecule has 7 nitrogen and oxygen atoms in total. The Balaban J connectivity index is 1.61. The van der Waals surface area contributed by atoms with Crippen molar-refractivity contribution < 1.29 is 23.8 Å². The molecule has 39 heavy (non-hydrogen) atoms. The first kappa shape index (κ1) is 26.6. The van der Waals surface area contributed by atoms with E-state index in [0.29, 0.717) is 6.54 Å². The molecule has 8 heteroatoms. The third-order valence-corrected chi connectivity index (χ3v) is 7.71. The van der Waals surface area contributed by atoms with Gasteiger partial charge in [-0.25, -0.2) is 4.39 Å². The molecule has 2 N–H and O–H groups in total. The van der Waals surface area contributed by atoms with Crippen molar-refractivity contribution in [2.75, 3.05) is 27.3 Å². The molecule has 0 spiro atoms. The van der Waals surface area contributed by atoms with Crippen LogP contribution in [0, 0.1) is 5.82 Å². The SMILES string of the molecule is COc1cc(C=C2C(C)=C(C(C(=O)NCc3cccn3C)N3CCCC3)c3cc(F)ccc32)cc(OC)c1O. The first-order chi connectivity index (χ1) is 18.8. The number of rotatable bonds is 8. The quantitative estimate of drug-likeness (QED) is 0.428. The summed E-state index contributed by atoms with van der Waals surface area (Å²) in [6.07, 6.45) is 5.94. The lowest BCUT2D eigenvalue weighted by atomic mass is 9.96. The van der Waals surface area contributed by atoms with Crippen LogP contribution < -0.4 is 14.8 Å². The third kappa shape index (κ3) is 5.04. The van der Waals surface area contributed by atoms with E-state index in [9.17, 15) is 14.3 Å². The Kier molecular flexibility index (Phi) is 7.48. The zero-order valence-corrected chi connectivity index (χ0v) is 22.8. The van der Waals surface area contributed by atoms with Crippen LogP contribution in [0.25, 0.3) is 17.2 Å². The summed E-state index contributed by atoms with van der Waals surface area (Å²) in [5.74, 6) is 0.0493. The average Bonchev–Trinajstić information content (AvgIpc) is 3.66. The molecule has 1 unspecified atom stereocenters. The van der Waals surface area contributed by atoms with Crippen molar-refractivity contribution in [3.8, 4) is 17.2 Å². The number of aryl methyl sites for hydroxylation is 1. The molecule has 5 rings (SSSR count). The zero-order valence-electron chi connectivity index (χ0n) is 22.8. The Morgan fingerprint density at radius 3 is 2.41 bits per heavy atom. The van der Waals surface area contributed by atoms with Gasteiger partial charge in [0.1, 0.15) is 11.9 Å². The van der Waals surface area contributed by atoms with Gasteiger partial charge < -0.3 is 24.5 Å². The summed E-state index contributed by atoms with van der Waals surface area (Å²) in [4.78, 5) is 16.1. The summed E-state index contributed by atoms with van der Waals surface area (Å²) in [6.45, 7) is 4.00. The van der Waals surface area contributed by atoms with E-state index in [-0.39, 0.29) is 29.0 Å². The number of phenolic OH excluding ortho intramolecular Hbond substituents is 1. The van der Waals surface area contributed by atoms with Gasteiger partial charge >= 0.3 is 0 Å². The minimum absolute atomic E-state index is 0.0759. The number of hydrogen-bond acceptors (Lipinski definition) is 5. The van der Waals surface area contributed by atoms with E-state index in [1.807, 2.05) is 42.9 Å². The number of phenols is 1. The number of benzene rings is 2. The zero-order chi connectivity index (χ0) is 27.7. The smallest absolute Gasteiger partial charge is 0.242 e. The fourth-order valence-corrected chi connectivity index (χ4v) is 5.66. The number of allylic oxidation sites excluding steroid dienone is 2. The normalized spacial score (nSPS) is 17.0. The number of fused-ring (bicyclic) bond motifs is 1. The highest BCUT2D eigenvalue weighted by Gasteiger charge is 2.38. The maximum atomic E-state index is 14.7. The van der Waals surface area contributed by atoms with E-state index >= 15 is 0 Å². The third-order valence-electron chi connectivity index (χ3n) is 7.71. The minimum atomic E-state index is -0.553. The van der Waals surface area contributed by atoms with Crippen LogP contribution >= 0.6 is 0 Å². The van der Waals surface area contributed by atoms with E-state index in [2.05, 4.69) is 10.2 Å². The molecule has 1 aliphatic heterocycles. The van der Waals surface area contributed by atoms with Gasteiger partial charge in [0.25, 0.3) is 0 Å². The molecule has 1 saturated heterocycles. The Labute approximate surface area is 228 Å². The van der Waals surface area contributed by atoms with Gasteiger partial charge in [-0.1, -0.05) is 6.07 Å². The highest BCUT2D eigenvalue weighted by atomic mass is 19.1. The second-order valence-electron chi connectivity index (χ2n) is 10.0. The lowest BCUT2D eigenvalue weighted by Gasteiger charge is -2.29. The number of halogens is 1. The molecule has 2 aliphatic rings. The highest BCUT2D eigenvalue weighted by molar-refractivity contribution is 6.11. The van der Waals surface area contributed by atoms with Crippen LogP contribution in [-0.4, -0.2) is 53.8 Å². The molecule has 1 aliphatic carbocycles. The summed E-state index contributed by atoms with van der Waals surface area (Å²) in [6, 6.07) is 11.6. The monoisotopic (exact) mass is 531 g/mol. The van der Waals surface area contributed by atoms with Crippen LogP contribution in [0.2, 0.25) is 0 Å². The molecular formula is C31H34FN3O4. The van der Waals surface area contributed by atoms with E-state index in [1.54, 1.807) is 18.2 Å². The van der Waals surface area contributed by atoms with Crippen LogP contribution in [-0.2, 0) is 18.4 Å². The molecule has 0 bridgehead atoms. The molecule has 1 aromatic heterocycles. The fraction of sp³-hybridized carbons (Fsp3) is 0.323. The van der Waals surface area contributed by atoms with Gasteiger partial charge in [-0.05, 0) is 109 Å². The van der Waals surface area contributed by atoms with Gasteiger partial charge in [0.05, 0.1) is 20.8 Å². The first-order valence-electron chi connectivity index (χ1n) is 13.1. The lowest BCUT2D eigenvalue weighted by molar-refractivity contribution is -0.124. The molecule has 0 radical (unpaired) electrons. The Hall–Kier alpha value is -4.04. The highest BCUT2D eigenvalue weighted by Crippen LogP contribution is 2.46. The molecule has 1 amide bonds. The number of carbonyl (C=O) groups excluding carboxylic acids is 1. The number of amides is 1. The molecule has 2 aromatic carbocycles. The molecule has 1 atom stereocenters. The predicted molar refractivity (Wildman–Crippen MR) is 150 cm³/mol. The van der Waals surface area contributed by atoms with E-state index in [0.717, 1.165) is 65.0 Å². The number of carbonyl (C=O) groups is 1. The van der Waals surface area contributed by atoms with Gasteiger partial charge in [0.15, 0.2) is 11.5 Å². The first-order valence-corrected chi connectivity index (χ1v) is 13.1. The van der Waals surface area contributed by atoms with Crippen molar-refractivity contribution in [1.29, 1.82) is 0 Å². The summed E-state index contributed by atoms with van der Waals surface area (Å²) in [5.41, 5.74) is 5.94. The molecular weight excluding hydrogens is 497 g/mol. The van der Waals surface area contributed by atoms with Crippen molar-refractivity contribution in [3.05, 3.63) is 82.4 Å². The minimum Gasteiger partial charge on any atom is -0.502 e. The van der Waals surface area contributed by atoms with Crippen molar-refractivity contribution >= 4 is 23.1 Å². The number of methoxy groups -OCH3 is 2. The maximum Gasteiger partial charge on any atom is 0.242 e. The van der Waals surface area contributed by atoms with Gasteiger partial charge in [0, 0.05) is 18.9 Å².